The normalized spacial score (nSPS) is 10.7. The number of fused-ring (bicyclic) bond motifs is 1. The zero-order valence-electron chi connectivity index (χ0n) is 13.1. The first-order valence-corrected chi connectivity index (χ1v) is 7.73. The molecular weight excluding hydrogens is 349 g/mol. The second kappa shape index (κ2) is 6.94. The SMILES string of the molecule is Cc1c(C(=O)OCC(=O)Nc2ccc(F)cc2)oc2ccc(Cl)cc12. The van der Waals surface area contributed by atoms with Gasteiger partial charge in [0.2, 0.25) is 5.76 Å². The lowest BCUT2D eigenvalue weighted by Gasteiger charge is -2.06. The van der Waals surface area contributed by atoms with Crippen molar-refractivity contribution in [2.24, 2.45) is 0 Å². The van der Waals surface area contributed by atoms with Gasteiger partial charge in [0.05, 0.1) is 0 Å². The first-order valence-electron chi connectivity index (χ1n) is 7.35. The molecule has 0 saturated carbocycles. The maximum absolute atomic E-state index is 12.8. The third kappa shape index (κ3) is 3.80. The van der Waals surface area contributed by atoms with Crippen LogP contribution in [0.3, 0.4) is 0 Å². The molecule has 0 aliphatic carbocycles. The summed E-state index contributed by atoms with van der Waals surface area (Å²) in [6.45, 7) is 1.21. The Labute approximate surface area is 147 Å². The molecule has 0 spiro atoms. The zero-order chi connectivity index (χ0) is 18.0. The number of amides is 1. The van der Waals surface area contributed by atoms with E-state index in [1.54, 1.807) is 25.1 Å². The van der Waals surface area contributed by atoms with E-state index >= 15 is 0 Å². The van der Waals surface area contributed by atoms with Crippen LogP contribution in [-0.4, -0.2) is 18.5 Å². The van der Waals surface area contributed by atoms with Crippen LogP contribution in [0.4, 0.5) is 10.1 Å². The minimum Gasteiger partial charge on any atom is -0.450 e. The molecule has 0 saturated heterocycles. The van der Waals surface area contributed by atoms with Gasteiger partial charge >= 0.3 is 5.97 Å². The molecule has 25 heavy (non-hydrogen) atoms. The third-order valence-corrected chi connectivity index (χ3v) is 3.78. The maximum Gasteiger partial charge on any atom is 0.375 e. The Kier molecular flexibility index (Phi) is 4.72. The molecule has 0 atom stereocenters. The van der Waals surface area contributed by atoms with E-state index in [2.05, 4.69) is 5.32 Å². The van der Waals surface area contributed by atoms with Gasteiger partial charge in [-0.25, -0.2) is 9.18 Å². The highest BCUT2D eigenvalue weighted by atomic mass is 35.5. The summed E-state index contributed by atoms with van der Waals surface area (Å²) in [4.78, 5) is 23.9. The minimum absolute atomic E-state index is 0.0202. The molecule has 1 aromatic heterocycles. The highest BCUT2D eigenvalue weighted by Gasteiger charge is 2.20. The molecule has 0 aliphatic rings. The predicted octanol–water partition coefficient (Wildman–Crippen LogP) is 4.33. The molecule has 0 fully saturated rings. The Morgan fingerprint density at radius 2 is 1.92 bits per heavy atom. The summed E-state index contributed by atoms with van der Waals surface area (Å²) in [7, 11) is 0. The Morgan fingerprint density at radius 1 is 1.20 bits per heavy atom. The Balaban J connectivity index is 1.65. The van der Waals surface area contributed by atoms with E-state index in [1.807, 2.05) is 0 Å². The van der Waals surface area contributed by atoms with Crippen LogP contribution in [0.5, 0.6) is 0 Å². The number of rotatable bonds is 4. The average Bonchev–Trinajstić information content (AvgIpc) is 2.91. The molecule has 0 radical (unpaired) electrons. The van der Waals surface area contributed by atoms with Gasteiger partial charge in [-0.3, -0.25) is 4.79 Å². The van der Waals surface area contributed by atoms with Crippen molar-refractivity contribution in [2.45, 2.75) is 6.92 Å². The minimum atomic E-state index is -0.751. The molecule has 1 N–H and O–H groups in total. The van der Waals surface area contributed by atoms with Crippen LogP contribution >= 0.6 is 11.6 Å². The van der Waals surface area contributed by atoms with Crippen molar-refractivity contribution in [1.82, 2.24) is 0 Å². The van der Waals surface area contributed by atoms with E-state index in [9.17, 15) is 14.0 Å². The number of nitrogens with one attached hydrogen (secondary N) is 1. The highest BCUT2D eigenvalue weighted by molar-refractivity contribution is 6.31. The van der Waals surface area contributed by atoms with Gasteiger partial charge < -0.3 is 14.5 Å². The number of hydrogen-bond donors (Lipinski definition) is 1. The molecule has 2 aromatic carbocycles. The monoisotopic (exact) mass is 361 g/mol. The van der Waals surface area contributed by atoms with Crippen LogP contribution < -0.4 is 5.32 Å². The molecular formula is C18H13ClFNO4. The van der Waals surface area contributed by atoms with Gasteiger partial charge in [-0.15, -0.1) is 0 Å². The molecule has 0 bridgehead atoms. The first-order chi connectivity index (χ1) is 11.9. The van der Waals surface area contributed by atoms with Gasteiger partial charge in [0.15, 0.2) is 6.61 Å². The average molecular weight is 362 g/mol. The number of carbonyl (C=O) groups is 2. The Hall–Kier alpha value is -2.86. The number of carbonyl (C=O) groups excluding carboxylic acids is 2. The van der Waals surface area contributed by atoms with Crippen LogP contribution in [0.15, 0.2) is 46.9 Å². The van der Waals surface area contributed by atoms with Crippen molar-refractivity contribution in [1.29, 1.82) is 0 Å². The van der Waals surface area contributed by atoms with Crippen LogP contribution in [0.2, 0.25) is 5.02 Å². The topological polar surface area (TPSA) is 68.5 Å². The fourth-order valence-corrected chi connectivity index (χ4v) is 2.49. The van der Waals surface area contributed by atoms with Crippen LogP contribution in [0.1, 0.15) is 16.1 Å². The first kappa shape index (κ1) is 17.0. The maximum atomic E-state index is 12.8. The molecule has 5 nitrogen and oxygen atoms in total. The summed E-state index contributed by atoms with van der Waals surface area (Å²) in [5, 5.41) is 3.72. The highest BCUT2D eigenvalue weighted by Crippen LogP contribution is 2.28. The van der Waals surface area contributed by atoms with Crippen molar-refractivity contribution >= 4 is 40.1 Å². The fraction of sp³-hybridized carbons (Fsp3) is 0.111. The number of hydrogen-bond acceptors (Lipinski definition) is 4. The number of aryl methyl sites for hydroxylation is 1. The summed E-state index contributed by atoms with van der Waals surface area (Å²) in [5.74, 6) is -1.69. The van der Waals surface area contributed by atoms with E-state index < -0.39 is 24.3 Å². The van der Waals surface area contributed by atoms with Crippen molar-refractivity contribution in [3.05, 3.63) is 64.6 Å². The zero-order valence-corrected chi connectivity index (χ0v) is 13.9. The summed E-state index contributed by atoms with van der Waals surface area (Å²) < 4.78 is 23.3. The second-order valence-electron chi connectivity index (χ2n) is 5.33. The Morgan fingerprint density at radius 3 is 2.64 bits per heavy atom. The van der Waals surface area contributed by atoms with Crippen molar-refractivity contribution < 1.29 is 23.1 Å². The molecule has 0 unspecified atom stereocenters. The van der Waals surface area contributed by atoms with Crippen LogP contribution in [0.25, 0.3) is 11.0 Å². The number of anilines is 1. The molecule has 3 aromatic rings. The van der Waals surface area contributed by atoms with Crippen molar-refractivity contribution in [2.75, 3.05) is 11.9 Å². The number of halogens is 2. The third-order valence-electron chi connectivity index (χ3n) is 3.55. The molecule has 7 heteroatoms. The van der Waals surface area contributed by atoms with Gasteiger partial charge in [0, 0.05) is 21.7 Å². The number of benzene rings is 2. The predicted molar refractivity (Wildman–Crippen MR) is 91.3 cm³/mol. The Bertz CT molecular complexity index is 950. The summed E-state index contributed by atoms with van der Waals surface area (Å²) in [6.07, 6.45) is 0. The van der Waals surface area contributed by atoms with Gasteiger partial charge in [-0.05, 0) is 49.4 Å². The lowest BCUT2D eigenvalue weighted by molar-refractivity contribution is -0.119. The number of furan rings is 1. The molecule has 1 heterocycles. The number of ether oxygens (including phenoxy) is 1. The summed E-state index contributed by atoms with van der Waals surface area (Å²) in [6, 6.07) is 10.2. The smallest absolute Gasteiger partial charge is 0.375 e. The van der Waals surface area contributed by atoms with Crippen LogP contribution in [-0.2, 0) is 9.53 Å². The largest absolute Gasteiger partial charge is 0.450 e. The van der Waals surface area contributed by atoms with Gasteiger partial charge in [0.25, 0.3) is 5.91 Å². The van der Waals surface area contributed by atoms with E-state index in [0.29, 0.717) is 27.2 Å². The van der Waals surface area contributed by atoms with E-state index in [-0.39, 0.29) is 5.76 Å². The van der Waals surface area contributed by atoms with Gasteiger partial charge in [0.1, 0.15) is 11.4 Å². The van der Waals surface area contributed by atoms with Crippen LogP contribution in [0, 0.1) is 12.7 Å². The molecule has 128 valence electrons. The summed E-state index contributed by atoms with van der Waals surface area (Å²) >= 11 is 5.93. The quantitative estimate of drug-likeness (QED) is 0.702. The molecule has 3 rings (SSSR count). The van der Waals surface area contributed by atoms with Gasteiger partial charge in [-0.1, -0.05) is 11.6 Å². The lowest BCUT2D eigenvalue weighted by Crippen LogP contribution is -2.21. The second-order valence-corrected chi connectivity index (χ2v) is 5.76. The van der Waals surface area contributed by atoms with E-state index in [0.717, 1.165) is 0 Å². The van der Waals surface area contributed by atoms with E-state index in [1.165, 1.54) is 24.3 Å². The summed E-state index contributed by atoms with van der Waals surface area (Å²) in [5.41, 5.74) is 1.49. The lowest BCUT2D eigenvalue weighted by atomic mass is 10.1. The molecule has 1 amide bonds. The standard InChI is InChI=1S/C18H13ClFNO4/c1-10-14-8-11(19)2-7-15(14)25-17(10)18(23)24-9-16(22)21-13-5-3-12(20)4-6-13/h2-8H,9H2,1H3,(H,21,22). The van der Waals surface area contributed by atoms with E-state index in [4.69, 9.17) is 20.8 Å². The van der Waals surface area contributed by atoms with Gasteiger partial charge in [-0.2, -0.15) is 0 Å². The van der Waals surface area contributed by atoms with Crippen molar-refractivity contribution in [3.63, 3.8) is 0 Å². The van der Waals surface area contributed by atoms with Crippen molar-refractivity contribution in [3.8, 4) is 0 Å². The molecule has 0 aliphatic heterocycles. The number of esters is 1. The fourth-order valence-electron chi connectivity index (χ4n) is 2.31.